The molecular formula is C20H36OSi. The van der Waals surface area contributed by atoms with Gasteiger partial charge in [-0.1, -0.05) is 53.2 Å². The largest absolute Gasteiger partial charge is 0.414 e. The van der Waals surface area contributed by atoms with E-state index < -0.39 is 8.32 Å². The summed E-state index contributed by atoms with van der Waals surface area (Å²) in [6.45, 7) is 21.5. The molecule has 126 valence electrons. The summed E-state index contributed by atoms with van der Waals surface area (Å²) in [5.74, 6) is 0. The van der Waals surface area contributed by atoms with Crippen LogP contribution in [-0.2, 0) is 4.43 Å². The smallest absolute Gasteiger partial charge is 0.192 e. The number of hydrogen-bond acceptors (Lipinski definition) is 1. The zero-order chi connectivity index (χ0) is 16.6. The highest BCUT2D eigenvalue weighted by Crippen LogP contribution is 2.78. The fourth-order valence-electron chi connectivity index (χ4n) is 6.03. The maximum absolute atomic E-state index is 6.86. The summed E-state index contributed by atoms with van der Waals surface area (Å²) in [6, 6.07) is 0. The molecule has 3 aliphatic rings. The molecule has 0 amide bonds. The van der Waals surface area contributed by atoms with Crippen LogP contribution in [0, 0.1) is 16.2 Å². The van der Waals surface area contributed by atoms with Gasteiger partial charge < -0.3 is 4.43 Å². The molecule has 0 aliphatic heterocycles. The Balaban J connectivity index is 1.89. The molecule has 0 aromatic carbocycles. The van der Waals surface area contributed by atoms with Crippen molar-refractivity contribution in [2.75, 3.05) is 0 Å². The van der Waals surface area contributed by atoms with Gasteiger partial charge in [-0.2, -0.15) is 0 Å². The van der Waals surface area contributed by atoms with E-state index in [0.29, 0.717) is 27.4 Å². The van der Waals surface area contributed by atoms with Gasteiger partial charge in [0.1, 0.15) is 0 Å². The normalized spacial score (nSPS) is 45.2. The van der Waals surface area contributed by atoms with Crippen molar-refractivity contribution in [3.63, 3.8) is 0 Å². The molecule has 0 N–H and O–H groups in total. The molecule has 0 aromatic heterocycles. The predicted octanol–water partition coefficient (Wildman–Crippen LogP) is 6.31. The van der Waals surface area contributed by atoms with Crippen molar-refractivity contribution in [3.8, 4) is 0 Å². The van der Waals surface area contributed by atoms with Crippen molar-refractivity contribution < 1.29 is 4.43 Å². The van der Waals surface area contributed by atoms with E-state index in [-0.39, 0.29) is 0 Å². The third-order valence-electron chi connectivity index (χ3n) is 8.41. The monoisotopic (exact) mass is 320 g/mol. The summed E-state index contributed by atoms with van der Waals surface area (Å²) in [5, 5.41) is 0.305. The Kier molecular flexibility index (Phi) is 3.43. The van der Waals surface area contributed by atoms with E-state index >= 15 is 0 Å². The van der Waals surface area contributed by atoms with Crippen molar-refractivity contribution in [2.45, 2.75) is 97.4 Å². The molecule has 2 heteroatoms. The van der Waals surface area contributed by atoms with Crippen LogP contribution in [0.1, 0.15) is 73.1 Å². The van der Waals surface area contributed by atoms with E-state index in [9.17, 15) is 0 Å². The van der Waals surface area contributed by atoms with Gasteiger partial charge in [0, 0.05) is 6.10 Å². The first-order chi connectivity index (χ1) is 9.87. The lowest BCUT2D eigenvalue weighted by atomic mass is 9.60. The van der Waals surface area contributed by atoms with Gasteiger partial charge in [0.15, 0.2) is 8.32 Å². The maximum atomic E-state index is 6.86. The first kappa shape index (κ1) is 16.8. The van der Waals surface area contributed by atoms with Crippen LogP contribution in [0.25, 0.3) is 0 Å². The van der Waals surface area contributed by atoms with Crippen LogP contribution in [-0.4, -0.2) is 14.4 Å². The Bertz CT molecular complexity index is 502. The molecular weight excluding hydrogens is 284 g/mol. The Morgan fingerprint density at radius 2 is 1.77 bits per heavy atom. The fourth-order valence-corrected chi connectivity index (χ4v) is 7.39. The number of hydrogen-bond donors (Lipinski definition) is 0. The van der Waals surface area contributed by atoms with Gasteiger partial charge in [-0.25, -0.2) is 0 Å². The lowest BCUT2D eigenvalue weighted by Crippen LogP contribution is -2.44. The second-order valence-corrected chi connectivity index (χ2v) is 15.3. The van der Waals surface area contributed by atoms with Crippen molar-refractivity contribution in [1.29, 1.82) is 0 Å². The summed E-state index contributed by atoms with van der Waals surface area (Å²) < 4.78 is 6.86. The van der Waals surface area contributed by atoms with Gasteiger partial charge in [0.05, 0.1) is 0 Å². The van der Waals surface area contributed by atoms with E-state index in [0.717, 1.165) is 0 Å². The van der Waals surface area contributed by atoms with Crippen molar-refractivity contribution in [2.24, 2.45) is 16.2 Å². The molecule has 0 heterocycles. The first-order valence-corrected chi connectivity index (χ1v) is 12.1. The van der Waals surface area contributed by atoms with E-state index in [4.69, 9.17) is 4.43 Å². The van der Waals surface area contributed by atoms with Gasteiger partial charge in [-0.15, -0.1) is 0 Å². The molecule has 0 bridgehead atoms. The molecule has 3 aliphatic carbocycles. The highest BCUT2D eigenvalue weighted by molar-refractivity contribution is 6.74. The van der Waals surface area contributed by atoms with Crippen LogP contribution in [0.2, 0.25) is 18.1 Å². The zero-order valence-corrected chi connectivity index (χ0v) is 16.9. The van der Waals surface area contributed by atoms with Crippen molar-refractivity contribution >= 4 is 8.32 Å². The van der Waals surface area contributed by atoms with Crippen LogP contribution in [0.4, 0.5) is 0 Å². The standard InChI is InChI=1S/C20H36OSi/c1-15-12-18(5)10-9-11-20(18)14-16(13-19(15,20)6)21-22(7,8)17(2,3)4/h16H,1,9-14H2,2-8H3/t16-,18+,19+,20-/m1/s1. The van der Waals surface area contributed by atoms with Gasteiger partial charge >= 0.3 is 0 Å². The Morgan fingerprint density at radius 1 is 1.14 bits per heavy atom. The molecule has 3 rings (SSSR count). The van der Waals surface area contributed by atoms with E-state index in [1.165, 1.54) is 44.1 Å². The van der Waals surface area contributed by atoms with Crippen molar-refractivity contribution in [1.82, 2.24) is 0 Å². The van der Waals surface area contributed by atoms with Gasteiger partial charge in [0.25, 0.3) is 0 Å². The third-order valence-corrected chi connectivity index (χ3v) is 12.9. The molecule has 3 saturated carbocycles. The lowest BCUT2D eigenvalue weighted by molar-refractivity contribution is 0.0511. The molecule has 3 fully saturated rings. The van der Waals surface area contributed by atoms with Crippen LogP contribution in [0.15, 0.2) is 12.2 Å². The zero-order valence-electron chi connectivity index (χ0n) is 15.9. The molecule has 0 unspecified atom stereocenters. The summed E-state index contributed by atoms with van der Waals surface area (Å²) in [6.07, 6.45) is 8.42. The van der Waals surface area contributed by atoms with Gasteiger partial charge in [0.2, 0.25) is 0 Å². The maximum Gasteiger partial charge on any atom is 0.192 e. The SMILES string of the molecule is C=C1C[C@]2(C)CCC[C@@]23C[C@H](O[Si](C)(C)C(C)(C)C)C[C@@]13C. The first-order valence-electron chi connectivity index (χ1n) is 9.23. The minimum Gasteiger partial charge on any atom is -0.414 e. The highest BCUT2D eigenvalue weighted by atomic mass is 28.4. The van der Waals surface area contributed by atoms with Crippen LogP contribution >= 0.6 is 0 Å². The fraction of sp³-hybridized carbons (Fsp3) is 0.900. The minimum absolute atomic E-state index is 0.305. The summed E-state index contributed by atoms with van der Waals surface area (Å²) in [5.41, 5.74) is 2.82. The van der Waals surface area contributed by atoms with E-state index in [1.54, 1.807) is 0 Å². The summed E-state index contributed by atoms with van der Waals surface area (Å²) in [7, 11) is -1.67. The molecule has 1 nitrogen and oxygen atoms in total. The van der Waals surface area contributed by atoms with Gasteiger partial charge in [-0.3, -0.25) is 0 Å². The molecule has 22 heavy (non-hydrogen) atoms. The number of allylic oxidation sites excluding steroid dienone is 1. The van der Waals surface area contributed by atoms with Gasteiger partial charge in [-0.05, 0) is 66.5 Å². The molecule has 0 saturated heterocycles. The Labute approximate surface area is 139 Å². The van der Waals surface area contributed by atoms with Crippen LogP contribution in [0.3, 0.4) is 0 Å². The number of rotatable bonds is 2. The third kappa shape index (κ3) is 1.92. The van der Waals surface area contributed by atoms with Crippen molar-refractivity contribution in [3.05, 3.63) is 12.2 Å². The van der Waals surface area contributed by atoms with E-state index in [1.807, 2.05) is 0 Å². The molecule has 0 radical (unpaired) electrons. The molecule has 4 atom stereocenters. The average Bonchev–Trinajstić information content (AvgIpc) is 2.82. The van der Waals surface area contributed by atoms with Crippen LogP contribution in [0.5, 0.6) is 0 Å². The second-order valence-electron chi connectivity index (χ2n) is 10.5. The summed E-state index contributed by atoms with van der Waals surface area (Å²) in [4.78, 5) is 0. The quantitative estimate of drug-likeness (QED) is 0.427. The lowest BCUT2D eigenvalue weighted by Gasteiger charge is -2.43. The Morgan fingerprint density at radius 3 is 2.36 bits per heavy atom. The topological polar surface area (TPSA) is 9.23 Å². The molecule has 0 aromatic rings. The minimum atomic E-state index is -1.67. The second kappa shape index (κ2) is 4.50. The highest BCUT2D eigenvalue weighted by Gasteiger charge is 2.70. The molecule has 1 spiro atoms. The predicted molar refractivity (Wildman–Crippen MR) is 97.6 cm³/mol. The van der Waals surface area contributed by atoms with Crippen LogP contribution < -0.4 is 0 Å². The Hall–Kier alpha value is -0.0831. The average molecular weight is 321 g/mol. The van der Waals surface area contributed by atoms with E-state index in [2.05, 4.69) is 54.3 Å². The summed E-state index contributed by atoms with van der Waals surface area (Å²) >= 11 is 0.